The van der Waals surface area contributed by atoms with Crippen molar-refractivity contribution in [3.63, 3.8) is 0 Å². The second-order valence-corrected chi connectivity index (χ2v) is 4.62. The molecule has 2 rings (SSSR count). The number of methoxy groups -OCH3 is 1. The number of aromatic nitrogens is 2. The Hall–Kier alpha value is -1.36. The molecule has 0 amide bonds. The van der Waals surface area contributed by atoms with Crippen molar-refractivity contribution >= 4 is 5.97 Å². The molecule has 1 heterocycles. The molecule has 1 saturated carbocycles. The van der Waals surface area contributed by atoms with Crippen LogP contribution in [0.15, 0.2) is 12.3 Å². The number of ether oxygens (including phenoxy) is 1. The van der Waals surface area contributed by atoms with E-state index in [-0.39, 0.29) is 5.97 Å². The van der Waals surface area contributed by atoms with Crippen molar-refractivity contribution in [2.75, 3.05) is 14.2 Å². The molecule has 1 atom stereocenters. The maximum Gasteiger partial charge on any atom is 0.328 e. The first kappa shape index (κ1) is 12.1. The van der Waals surface area contributed by atoms with Crippen LogP contribution in [0.25, 0.3) is 0 Å². The summed E-state index contributed by atoms with van der Waals surface area (Å²) in [5, 5.41) is 7.40. The van der Waals surface area contributed by atoms with E-state index in [1.807, 2.05) is 24.7 Å². The molecule has 0 spiro atoms. The minimum atomic E-state index is -0.633. The van der Waals surface area contributed by atoms with Crippen molar-refractivity contribution in [2.45, 2.75) is 31.8 Å². The van der Waals surface area contributed by atoms with Crippen molar-refractivity contribution in [1.29, 1.82) is 0 Å². The zero-order valence-corrected chi connectivity index (χ0v) is 10.6. The first-order chi connectivity index (χ1) is 8.14. The third-order valence-corrected chi connectivity index (χ3v) is 3.60. The number of likely N-dealkylation sites (N-methyl/N-ethyl adjacent to an activating group) is 1. The highest BCUT2D eigenvalue weighted by atomic mass is 16.5. The van der Waals surface area contributed by atoms with Crippen molar-refractivity contribution in [2.24, 2.45) is 5.92 Å². The van der Waals surface area contributed by atoms with Gasteiger partial charge in [-0.05, 0) is 38.8 Å². The lowest BCUT2D eigenvalue weighted by Crippen LogP contribution is -2.56. The van der Waals surface area contributed by atoms with E-state index in [2.05, 4.69) is 10.4 Å². The molecule has 0 saturated heterocycles. The summed E-state index contributed by atoms with van der Waals surface area (Å²) in [7, 11) is 3.25. The van der Waals surface area contributed by atoms with Crippen LogP contribution >= 0.6 is 0 Å². The Labute approximate surface area is 101 Å². The van der Waals surface area contributed by atoms with E-state index >= 15 is 0 Å². The molecule has 1 aromatic rings. The molecule has 1 unspecified atom stereocenters. The summed E-state index contributed by atoms with van der Waals surface area (Å²) < 4.78 is 6.81. The van der Waals surface area contributed by atoms with Gasteiger partial charge in [0, 0.05) is 11.9 Å². The molecular weight excluding hydrogens is 218 g/mol. The molecule has 1 fully saturated rings. The molecule has 1 aromatic heterocycles. The molecule has 0 aromatic carbocycles. The first-order valence-corrected chi connectivity index (χ1v) is 5.90. The second kappa shape index (κ2) is 4.49. The van der Waals surface area contributed by atoms with Gasteiger partial charge in [0.1, 0.15) is 5.54 Å². The molecule has 0 radical (unpaired) electrons. The molecule has 1 aliphatic carbocycles. The fourth-order valence-electron chi connectivity index (χ4n) is 2.30. The molecule has 0 aliphatic heterocycles. The molecule has 0 bridgehead atoms. The molecule has 1 aliphatic rings. The van der Waals surface area contributed by atoms with Crippen molar-refractivity contribution in [1.82, 2.24) is 15.1 Å². The molecular formula is C12H19N3O2. The normalized spacial score (nSPS) is 18.8. The van der Waals surface area contributed by atoms with Crippen molar-refractivity contribution in [3.8, 4) is 0 Å². The standard InChI is InChI=1S/C12H19N3O2/c1-9-6-7-14-15(9)8-12(13-2,10-4-5-10)11(16)17-3/h6-7,10,13H,4-5,8H2,1-3H3. The SMILES string of the molecule is CNC(Cn1nccc1C)(C(=O)OC)C1CC1. The maximum atomic E-state index is 12.1. The summed E-state index contributed by atoms with van der Waals surface area (Å²) in [5.41, 5.74) is 0.417. The minimum Gasteiger partial charge on any atom is -0.468 e. The highest BCUT2D eigenvalue weighted by Crippen LogP contribution is 2.41. The Morgan fingerprint density at radius 1 is 1.71 bits per heavy atom. The Kier molecular flexibility index (Phi) is 3.19. The molecule has 17 heavy (non-hydrogen) atoms. The zero-order valence-electron chi connectivity index (χ0n) is 10.6. The van der Waals surface area contributed by atoms with E-state index in [1.54, 1.807) is 6.20 Å². The third-order valence-electron chi connectivity index (χ3n) is 3.60. The Bertz CT molecular complexity index is 412. The van der Waals surface area contributed by atoms with E-state index < -0.39 is 5.54 Å². The van der Waals surface area contributed by atoms with Gasteiger partial charge in [0.15, 0.2) is 0 Å². The van der Waals surface area contributed by atoms with Gasteiger partial charge in [-0.25, -0.2) is 4.79 Å². The monoisotopic (exact) mass is 237 g/mol. The van der Waals surface area contributed by atoms with Crippen LogP contribution < -0.4 is 5.32 Å². The second-order valence-electron chi connectivity index (χ2n) is 4.62. The number of carbonyl (C=O) groups is 1. The van der Waals surface area contributed by atoms with Crippen LogP contribution in [0.5, 0.6) is 0 Å². The smallest absolute Gasteiger partial charge is 0.328 e. The summed E-state index contributed by atoms with van der Waals surface area (Å²) in [4.78, 5) is 12.1. The summed E-state index contributed by atoms with van der Waals surface area (Å²) in [5.74, 6) is 0.154. The van der Waals surface area contributed by atoms with E-state index in [4.69, 9.17) is 4.74 Å². The van der Waals surface area contributed by atoms with Crippen LogP contribution in [-0.2, 0) is 16.1 Å². The molecule has 1 N–H and O–H groups in total. The van der Waals surface area contributed by atoms with E-state index in [0.29, 0.717) is 12.5 Å². The Balaban J connectivity index is 2.27. The fraction of sp³-hybridized carbons (Fsp3) is 0.667. The summed E-state index contributed by atoms with van der Waals surface area (Å²) >= 11 is 0. The Morgan fingerprint density at radius 3 is 2.82 bits per heavy atom. The van der Waals surface area contributed by atoms with Crippen LogP contribution in [-0.4, -0.2) is 35.4 Å². The Morgan fingerprint density at radius 2 is 2.41 bits per heavy atom. The fourth-order valence-corrected chi connectivity index (χ4v) is 2.30. The summed E-state index contributed by atoms with van der Waals surface area (Å²) in [6, 6.07) is 1.94. The predicted octanol–water partition coefficient (Wildman–Crippen LogP) is 0.733. The van der Waals surface area contributed by atoms with E-state index in [0.717, 1.165) is 18.5 Å². The van der Waals surface area contributed by atoms with Gasteiger partial charge in [-0.15, -0.1) is 0 Å². The predicted molar refractivity (Wildman–Crippen MR) is 63.5 cm³/mol. The average molecular weight is 237 g/mol. The lowest BCUT2D eigenvalue weighted by Gasteiger charge is -2.31. The largest absolute Gasteiger partial charge is 0.468 e. The van der Waals surface area contributed by atoms with Gasteiger partial charge in [-0.3, -0.25) is 4.68 Å². The van der Waals surface area contributed by atoms with Gasteiger partial charge < -0.3 is 10.1 Å². The quantitative estimate of drug-likeness (QED) is 0.767. The van der Waals surface area contributed by atoms with Gasteiger partial charge in [0.25, 0.3) is 0 Å². The zero-order chi connectivity index (χ0) is 12.5. The number of hydrogen-bond donors (Lipinski definition) is 1. The van der Waals surface area contributed by atoms with Gasteiger partial charge >= 0.3 is 5.97 Å². The number of hydrogen-bond acceptors (Lipinski definition) is 4. The van der Waals surface area contributed by atoms with Gasteiger partial charge in [0.2, 0.25) is 0 Å². The van der Waals surface area contributed by atoms with Gasteiger partial charge in [0.05, 0.1) is 13.7 Å². The average Bonchev–Trinajstić information content (AvgIpc) is 3.11. The number of rotatable bonds is 5. The first-order valence-electron chi connectivity index (χ1n) is 5.90. The minimum absolute atomic E-state index is 0.197. The van der Waals surface area contributed by atoms with Crippen molar-refractivity contribution in [3.05, 3.63) is 18.0 Å². The molecule has 5 nitrogen and oxygen atoms in total. The van der Waals surface area contributed by atoms with Crippen LogP contribution in [0.1, 0.15) is 18.5 Å². The van der Waals surface area contributed by atoms with Crippen LogP contribution in [0, 0.1) is 12.8 Å². The number of aryl methyl sites for hydroxylation is 1. The van der Waals surface area contributed by atoms with Gasteiger partial charge in [-0.1, -0.05) is 0 Å². The lowest BCUT2D eigenvalue weighted by atomic mass is 9.93. The summed E-state index contributed by atoms with van der Waals surface area (Å²) in [6.07, 6.45) is 3.88. The molecule has 5 heteroatoms. The number of nitrogens with one attached hydrogen (secondary N) is 1. The topological polar surface area (TPSA) is 56.2 Å². The van der Waals surface area contributed by atoms with E-state index in [1.165, 1.54) is 7.11 Å². The van der Waals surface area contributed by atoms with Gasteiger partial charge in [-0.2, -0.15) is 5.10 Å². The number of nitrogens with zero attached hydrogens (tertiary/aromatic N) is 2. The lowest BCUT2D eigenvalue weighted by molar-refractivity contribution is -0.150. The summed E-state index contributed by atoms with van der Waals surface area (Å²) in [6.45, 7) is 2.51. The van der Waals surface area contributed by atoms with Crippen molar-refractivity contribution < 1.29 is 9.53 Å². The maximum absolute atomic E-state index is 12.1. The number of carbonyl (C=O) groups excluding carboxylic acids is 1. The third kappa shape index (κ3) is 2.07. The van der Waals surface area contributed by atoms with Crippen LogP contribution in [0.2, 0.25) is 0 Å². The highest BCUT2D eigenvalue weighted by molar-refractivity contribution is 5.81. The molecule has 94 valence electrons. The number of esters is 1. The van der Waals surface area contributed by atoms with Crippen LogP contribution in [0.4, 0.5) is 0 Å². The van der Waals surface area contributed by atoms with E-state index in [9.17, 15) is 4.79 Å². The van der Waals surface area contributed by atoms with Crippen LogP contribution in [0.3, 0.4) is 0 Å². The highest BCUT2D eigenvalue weighted by Gasteiger charge is 2.51.